The van der Waals surface area contributed by atoms with E-state index in [1.165, 1.54) is 53.1 Å². The molecule has 4 aromatic carbocycles. The number of benzene rings is 4. The van der Waals surface area contributed by atoms with E-state index in [0.717, 1.165) is 25.3 Å². The van der Waals surface area contributed by atoms with Crippen molar-refractivity contribution in [1.29, 1.82) is 0 Å². The zero-order chi connectivity index (χ0) is 44.7. The van der Waals surface area contributed by atoms with Crippen LogP contribution in [0.1, 0.15) is 40.3 Å². The fraction of sp³-hybridized carbons (Fsp3) is 0.205. The van der Waals surface area contributed by atoms with Crippen molar-refractivity contribution >= 4 is 86.0 Å². The number of anilines is 1. The molecule has 0 aliphatic heterocycles. The second kappa shape index (κ2) is 20.2. The van der Waals surface area contributed by atoms with Gasteiger partial charge in [0, 0.05) is 65.7 Å². The average molecular weight is 920 g/mol. The van der Waals surface area contributed by atoms with Gasteiger partial charge in [-0.05, 0) is 37.4 Å². The van der Waals surface area contributed by atoms with Gasteiger partial charge in [0.25, 0.3) is 5.91 Å². The van der Waals surface area contributed by atoms with Gasteiger partial charge in [0.15, 0.2) is 0 Å². The SMILES string of the molecule is CCN(CC)Cc1ccc(NC(=O)c2ccc(-c3c(Cl)c(OC)cc(OC)c3Cl)c3nccnc23)cn1.COc1cc(OC)c(Cl)c(-c2ccc(C(=O)O)c3nccnc23)c1Cl. The van der Waals surface area contributed by atoms with E-state index >= 15 is 0 Å². The molecule has 0 aliphatic carbocycles. The number of methoxy groups -OCH3 is 4. The number of aromatic carboxylic acids is 1. The van der Waals surface area contributed by atoms with Crippen LogP contribution in [-0.2, 0) is 6.54 Å². The molecule has 0 aliphatic rings. The molecule has 14 nitrogen and oxygen atoms in total. The van der Waals surface area contributed by atoms with Crippen molar-refractivity contribution in [3.8, 4) is 45.3 Å². The Morgan fingerprint density at radius 3 is 1.40 bits per heavy atom. The summed E-state index contributed by atoms with van der Waals surface area (Å²) < 4.78 is 21.4. The second-order valence-electron chi connectivity index (χ2n) is 13.2. The number of hydrogen-bond acceptors (Lipinski definition) is 12. The smallest absolute Gasteiger partial charge is 0.337 e. The Kier molecular flexibility index (Phi) is 14.8. The monoisotopic (exact) mass is 917 g/mol. The molecule has 0 atom stereocenters. The quantitative estimate of drug-likeness (QED) is 0.112. The maximum atomic E-state index is 13.3. The number of amides is 1. The Bertz CT molecular complexity index is 2740. The summed E-state index contributed by atoms with van der Waals surface area (Å²) in [6, 6.07) is 13.4. The number of carboxylic acid groups (broad SMARTS) is 1. The van der Waals surface area contributed by atoms with Crippen LogP contribution in [0.4, 0.5) is 5.69 Å². The summed E-state index contributed by atoms with van der Waals surface area (Å²) in [4.78, 5) is 48.8. The van der Waals surface area contributed by atoms with Gasteiger partial charge in [-0.3, -0.25) is 34.6 Å². The number of nitrogens with one attached hydrogen (secondary N) is 1. The Morgan fingerprint density at radius 1 is 0.597 bits per heavy atom. The maximum absolute atomic E-state index is 13.3. The van der Waals surface area contributed by atoms with Gasteiger partial charge < -0.3 is 29.4 Å². The number of halogens is 4. The molecular weight excluding hydrogens is 880 g/mol. The highest BCUT2D eigenvalue weighted by atomic mass is 35.5. The van der Waals surface area contributed by atoms with Crippen LogP contribution in [-0.4, -0.2) is 88.3 Å². The van der Waals surface area contributed by atoms with E-state index < -0.39 is 5.97 Å². The summed E-state index contributed by atoms with van der Waals surface area (Å²) >= 11 is 26.2. The predicted molar refractivity (Wildman–Crippen MR) is 242 cm³/mol. The van der Waals surface area contributed by atoms with E-state index in [-0.39, 0.29) is 27.0 Å². The van der Waals surface area contributed by atoms with Crippen LogP contribution in [0.2, 0.25) is 20.1 Å². The molecule has 0 unspecified atom stereocenters. The van der Waals surface area contributed by atoms with E-state index in [1.54, 1.807) is 42.7 Å². The van der Waals surface area contributed by atoms with Gasteiger partial charge >= 0.3 is 5.97 Å². The first-order valence-electron chi connectivity index (χ1n) is 18.8. The van der Waals surface area contributed by atoms with Crippen molar-refractivity contribution in [3.05, 3.63) is 116 Å². The molecule has 1 amide bonds. The van der Waals surface area contributed by atoms with Gasteiger partial charge in [-0.1, -0.05) is 72.4 Å². The van der Waals surface area contributed by atoms with E-state index in [9.17, 15) is 14.7 Å². The fourth-order valence-electron chi connectivity index (χ4n) is 6.58. The topological polar surface area (TPSA) is 171 Å². The Labute approximate surface area is 376 Å². The summed E-state index contributed by atoms with van der Waals surface area (Å²) in [5, 5.41) is 13.4. The van der Waals surface area contributed by atoms with Gasteiger partial charge in [-0.25, -0.2) is 4.79 Å². The molecule has 320 valence electrons. The first kappa shape index (κ1) is 45.5. The number of aromatic nitrogens is 5. The lowest BCUT2D eigenvalue weighted by Gasteiger charge is -2.17. The Hall–Kier alpha value is -6.03. The van der Waals surface area contributed by atoms with Crippen molar-refractivity contribution in [1.82, 2.24) is 29.8 Å². The largest absolute Gasteiger partial charge is 0.495 e. The van der Waals surface area contributed by atoms with Crippen LogP contribution in [0.15, 0.2) is 79.5 Å². The third-order valence-electron chi connectivity index (χ3n) is 9.77. The molecule has 2 N–H and O–H groups in total. The van der Waals surface area contributed by atoms with Gasteiger partial charge in [0.2, 0.25) is 0 Å². The third kappa shape index (κ3) is 9.25. The maximum Gasteiger partial charge on any atom is 0.337 e. The van der Waals surface area contributed by atoms with E-state index in [4.69, 9.17) is 65.4 Å². The van der Waals surface area contributed by atoms with Crippen molar-refractivity contribution in [2.24, 2.45) is 0 Å². The highest BCUT2D eigenvalue weighted by molar-refractivity contribution is 6.42. The number of fused-ring (bicyclic) bond motifs is 2. The number of nitrogens with zero attached hydrogens (tertiary/aromatic N) is 6. The minimum absolute atomic E-state index is 0.0361. The molecule has 7 rings (SSSR count). The van der Waals surface area contributed by atoms with Crippen LogP contribution in [0.5, 0.6) is 23.0 Å². The van der Waals surface area contributed by atoms with E-state index in [2.05, 4.69) is 49.0 Å². The minimum Gasteiger partial charge on any atom is -0.495 e. The van der Waals surface area contributed by atoms with Crippen LogP contribution in [0, 0.1) is 0 Å². The first-order valence-corrected chi connectivity index (χ1v) is 20.3. The zero-order valence-electron chi connectivity index (χ0n) is 34.2. The van der Waals surface area contributed by atoms with Crippen molar-refractivity contribution in [3.63, 3.8) is 0 Å². The van der Waals surface area contributed by atoms with Crippen LogP contribution >= 0.6 is 46.4 Å². The lowest BCUT2D eigenvalue weighted by Crippen LogP contribution is -2.22. The Balaban J connectivity index is 0.000000223. The zero-order valence-corrected chi connectivity index (χ0v) is 37.2. The molecule has 0 saturated heterocycles. The molecule has 0 radical (unpaired) electrons. The summed E-state index contributed by atoms with van der Waals surface area (Å²) in [5.41, 5.74) is 5.39. The molecule has 3 aromatic heterocycles. The van der Waals surface area contributed by atoms with Crippen molar-refractivity contribution in [2.45, 2.75) is 20.4 Å². The van der Waals surface area contributed by atoms with Gasteiger partial charge in [0.1, 0.15) is 34.0 Å². The van der Waals surface area contributed by atoms with Crippen LogP contribution in [0.3, 0.4) is 0 Å². The second-order valence-corrected chi connectivity index (χ2v) is 14.7. The fourth-order valence-corrected chi connectivity index (χ4v) is 7.99. The molecule has 0 spiro atoms. The summed E-state index contributed by atoms with van der Waals surface area (Å²) in [6.45, 7) is 6.87. The number of carbonyl (C=O) groups is 2. The summed E-state index contributed by atoms with van der Waals surface area (Å²) in [6.07, 6.45) is 7.62. The minimum atomic E-state index is -1.10. The Morgan fingerprint density at radius 2 is 1.02 bits per heavy atom. The van der Waals surface area contributed by atoms with Crippen LogP contribution < -0.4 is 24.3 Å². The lowest BCUT2D eigenvalue weighted by molar-refractivity contribution is 0.0698. The molecule has 3 heterocycles. The van der Waals surface area contributed by atoms with Crippen molar-refractivity contribution < 1.29 is 33.6 Å². The predicted octanol–water partition coefficient (Wildman–Crippen LogP) is 10.4. The average Bonchev–Trinajstić information content (AvgIpc) is 3.29. The van der Waals surface area contributed by atoms with Gasteiger partial charge in [0.05, 0.1) is 88.3 Å². The lowest BCUT2D eigenvalue weighted by atomic mass is 9.99. The molecule has 62 heavy (non-hydrogen) atoms. The molecule has 7 aromatic rings. The molecular formula is C44H39Cl4N7O7. The number of hydrogen-bond donors (Lipinski definition) is 2. The number of ether oxygens (including phenoxy) is 4. The normalized spacial score (nSPS) is 11.0. The number of carboxylic acids is 1. The summed E-state index contributed by atoms with van der Waals surface area (Å²) in [7, 11) is 5.97. The van der Waals surface area contributed by atoms with Crippen LogP contribution in [0.25, 0.3) is 44.3 Å². The number of rotatable bonds is 13. The van der Waals surface area contributed by atoms with Gasteiger partial charge in [-0.15, -0.1) is 0 Å². The number of pyridine rings is 1. The van der Waals surface area contributed by atoms with E-state index in [1.807, 2.05) is 12.1 Å². The van der Waals surface area contributed by atoms with Gasteiger partial charge in [-0.2, -0.15) is 0 Å². The third-order valence-corrected chi connectivity index (χ3v) is 11.3. The summed E-state index contributed by atoms with van der Waals surface area (Å²) in [5.74, 6) is 0.102. The number of carbonyl (C=O) groups excluding carboxylic acids is 1. The van der Waals surface area contributed by atoms with Crippen molar-refractivity contribution in [2.75, 3.05) is 46.8 Å². The standard InChI is InChI=1S/C27H27Cl2N5O3.C17H12Cl2N2O4/c1-5-34(6-2)15-17-8-7-16(14-32-17)33-27(35)19-10-9-18(25-26(19)31-12-11-30-25)22-23(28)20(36-3)13-21(37-4)24(22)29;1-24-10-7-11(25-2)14(19)12(13(10)18)8-3-4-9(17(22)23)16-15(8)20-5-6-21-16/h7-14H,5-6,15H2,1-4H3,(H,33,35);3-7H,1-2H3,(H,22,23). The molecule has 0 bridgehead atoms. The highest BCUT2D eigenvalue weighted by Crippen LogP contribution is 2.49. The molecule has 0 fully saturated rings. The highest BCUT2D eigenvalue weighted by Gasteiger charge is 2.25. The van der Waals surface area contributed by atoms with E-state index in [0.29, 0.717) is 83.1 Å². The molecule has 18 heteroatoms. The molecule has 0 saturated carbocycles. The first-order chi connectivity index (χ1) is 29.9.